The summed E-state index contributed by atoms with van der Waals surface area (Å²) in [7, 11) is 0. The zero-order valence-corrected chi connectivity index (χ0v) is 13.7. The lowest BCUT2D eigenvalue weighted by molar-refractivity contribution is 0.369. The van der Waals surface area contributed by atoms with Gasteiger partial charge in [-0.1, -0.05) is 45.0 Å². The van der Waals surface area contributed by atoms with Gasteiger partial charge in [-0.05, 0) is 13.0 Å². The summed E-state index contributed by atoms with van der Waals surface area (Å²) in [4.78, 5) is 0. The van der Waals surface area contributed by atoms with Crippen LogP contribution in [-0.2, 0) is 13.0 Å². The second-order valence-corrected chi connectivity index (χ2v) is 6.35. The molecule has 0 bridgehead atoms. The molecule has 0 aliphatic carbocycles. The van der Waals surface area contributed by atoms with Crippen LogP contribution in [0.5, 0.6) is 0 Å². The van der Waals surface area contributed by atoms with Crippen LogP contribution in [0, 0.1) is 5.41 Å². The third kappa shape index (κ3) is 3.53. The summed E-state index contributed by atoms with van der Waals surface area (Å²) in [6.07, 6.45) is 2.96. The second-order valence-electron chi connectivity index (χ2n) is 6.35. The molecule has 0 spiro atoms. The van der Waals surface area contributed by atoms with Crippen LogP contribution < -0.4 is 5.32 Å². The molecule has 1 heterocycles. The monoisotopic (exact) mass is 285 g/mol. The Hall–Kier alpha value is -1.61. The van der Waals surface area contributed by atoms with Gasteiger partial charge in [0.25, 0.3) is 0 Å². The summed E-state index contributed by atoms with van der Waals surface area (Å²) in [5, 5.41) is 9.59. The summed E-state index contributed by atoms with van der Waals surface area (Å²) in [6.45, 7) is 14.6. The lowest BCUT2D eigenvalue weighted by atomic mass is 9.84. The van der Waals surface area contributed by atoms with Gasteiger partial charge in [-0.25, -0.2) is 0 Å². The van der Waals surface area contributed by atoms with Crippen LogP contribution >= 0.6 is 0 Å². The third-order valence-electron chi connectivity index (χ3n) is 4.01. The van der Waals surface area contributed by atoms with Crippen molar-refractivity contribution in [2.24, 2.45) is 5.41 Å². The molecule has 1 aromatic carbocycles. The second kappa shape index (κ2) is 6.44. The lowest BCUT2D eigenvalue weighted by Crippen LogP contribution is -2.36. The summed E-state index contributed by atoms with van der Waals surface area (Å²) in [5.41, 5.74) is 2.40. The highest BCUT2D eigenvalue weighted by Gasteiger charge is 2.24. The van der Waals surface area contributed by atoms with E-state index in [1.807, 2.05) is 0 Å². The fourth-order valence-electron chi connectivity index (χ4n) is 2.59. The Morgan fingerprint density at radius 3 is 2.71 bits per heavy atom. The Labute approximate surface area is 128 Å². The van der Waals surface area contributed by atoms with E-state index >= 15 is 0 Å². The van der Waals surface area contributed by atoms with E-state index in [4.69, 9.17) is 5.10 Å². The van der Waals surface area contributed by atoms with E-state index in [0.717, 1.165) is 19.5 Å². The predicted molar refractivity (Wildman–Crippen MR) is 90.6 cm³/mol. The highest BCUT2D eigenvalue weighted by molar-refractivity contribution is 5.82. The molecule has 114 valence electrons. The van der Waals surface area contributed by atoms with Crippen LogP contribution in [0.15, 0.2) is 36.9 Å². The number of hydrogen-bond donors (Lipinski definition) is 1. The summed E-state index contributed by atoms with van der Waals surface area (Å²) in [6, 6.07) is 8.96. The fraction of sp³-hybridized carbons (Fsp3) is 0.500. The zero-order valence-electron chi connectivity index (χ0n) is 13.7. The SMILES string of the molecule is C=CC(C)(CNC(C)C)Cc1nn(CC)c2ccccc12. The van der Waals surface area contributed by atoms with Gasteiger partial charge in [-0.2, -0.15) is 5.10 Å². The molecule has 1 N–H and O–H groups in total. The number of nitrogens with one attached hydrogen (secondary N) is 1. The molecule has 0 aliphatic rings. The van der Waals surface area contributed by atoms with Crippen molar-refractivity contribution in [3.8, 4) is 0 Å². The first-order valence-corrected chi connectivity index (χ1v) is 7.80. The molecule has 0 amide bonds. The molecule has 1 unspecified atom stereocenters. The van der Waals surface area contributed by atoms with Gasteiger partial charge < -0.3 is 5.32 Å². The molecule has 1 aromatic heterocycles. The fourth-order valence-corrected chi connectivity index (χ4v) is 2.59. The van der Waals surface area contributed by atoms with Gasteiger partial charge in [0, 0.05) is 36.4 Å². The first kappa shape index (κ1) is 15.8. The molecule has 3 heteroatoms. The van der Waals surface area contributed by atoms with Crippen molar-refractivity contribution in [1.82, 2.24) is 15.1 Å². The normalized spacial score (nSPS) is 14.5. The van der Waals surface area contributed by atoms with E-state index in [1.54, 1.807) is 0 Å². The van der Waals surface area contributed by atoms with Crippen LogP contribution in [-0.4, -0.2) is 22.4 Å². The van der Waals surface area contributed by atoms with Crippen molar-refractivity contribution in [3.63, 3.8) is 0 Å². The molecule has 2 aromatic rings. The van der Waals surface area contributed by atoms with E-state index in [2.05, 4.69) is 74.6 Å². The third-order valence-corrected chi connectivity index (χ3v) is 4.01. The van der Waals surface area contributed by atoms with E-state index in [-0.39, 0.29) is 5.41 Å². The first-order chi connectivity index (χ1) is 9.99. The van der Waals surface area contributed by atoms with Gasteiger partial charge >= 0.3 is 0 Å². The van der Waals surface area contributed by atoms with E-state index in [0.29, 0.717) is 6.04 Å². The van der Waals surface area contributed by atoms with Crippen LogP contribution in [0.3, 0.4) is 0 Å². The van der Waals surface area contributed by atoms with Crippen molar-refractivity contribution in [2.45, 2.75) is 46.7 Å². The Morgan fingerprint density at radius 1 is 1.38 bits per heavy atom. The van der Waals surface area contributed by atoms with Crippen LogP contribution in [0.25, 0.3) is 10.9 Å². The predicted octanol–water partition coefficient (Wildman–Crippen LogP) is 3.79. The van der Waals surface area contributed by atoms with Crippen molar-refractivity contribution in [1.29, 1.82) is 0 Å². The van der Waals surface area contributed by atoms with E-state index in [9.17, 15) is 0 Å². The van der Waals surface area contributed by atoms with Gasteiger partial charge in [-0.3, -0.25) is 4.68 Å². The lowest BCUT2D eigenvalue weighted by Gasteiger charge is -2.26. The topological polar surface area (TPSA) is 29.9 Å². The number of aryl methyl sites for hydroxylation is 1. The number of rotatable bonds is 7. The summed E-state index contributed by atoms with van der Waals surface area (Å²) in [5.74, 6) is 0. The van der Waals surface area contributed by atoms with Crippen molar-refractivity contribution in [2.75, 3.05) is 6.54 Å². The van der Waals surface area contributed by atoms with Gasteiger partial charge in [0.1, 0.15) is 0 Å². The highest BCUT2D eigenvalue weighted by Crippen LogP contribution is 2.27. The van der Waals surface area contributed by atoms with Gasteiger partial charge in [0.05, 0.1) is 11.2 Å². The Morgan fingerprint density at radius 2 is 2.10 bits per heavy atom. The molecule has 0 aliphatic heterocycles. The number of aromatic nitrogens is 2. The minimum atomic E-state index is 0.0139. The minimum Gasteiger partial charge on any atom is -0.314 e. The van der Waals surface area contributed by atoms with E-state index in [1.165, 1.54) is 16.6 Å². The molecule has 2 rings (SSSR count). The quantitative estimate of drug-likeness (QED) is 0.784. The maximum atomic E-state index is 4.81. The zero-order chi connectivity index (χ0) is 15.5. The summed E-state index contributed by atoms with van der Waals surface area (Å²) < 4.78 is 2.09. The Kier molecular flexibility index (Phi) is 4.84. The number of para-hydroxylation sites is 1. The maximum Gasteiger partial charge on any atom is 0.0712 e. The number of fused-ring (bicyclic) bond motifs is 1. The highest BCUT2D eigenvalue weighted by atomic mass is 15.3. The molecule has 21 heavy (non-hydrogen) atoms. The molecule has 0 saturated carbocycles. The van der Waals surface area contributed by atoms with Crippen LogP contribution in [0.1, 0.15) is 33.4 Å². The smallest absolute Gasteiger partial charge is 0.0712 e. The molecule has 3 nitrogen and oxygen atoms in total. The standard InChI is InChI=1S/C18H27N3/c1-6-18(5,13-19-14(3)4)12-16-15-10-8-9-11-17(15)21(7-2)20-16/h6,8-11,14,19H,1,7,12-13H2,2-5H3. The van der Waals surface area contributed by atoms with Crippen LogP contribution in [0.4, 0.5) is 0 Å². The number of hydrogen-bond acceptors (Lipinski definition) is 2. The van der Waals surface area contributed by atoms with Crippen molar-refractivity contribution in [3.05, 3.63) is 42.6 Å². The van der Waals surface area contributed by atoms with E-state index < -0.39 is 0 Å². The average molecular weight is 285 g/mol. The maximum absolute atomic E-state index is 4.81. The van der Waals surface area contributed by atoms with Gasteiger partial charge in [0.15, 0.2) is 0 Å². The Bertz CT molecular complexity index is 612. The van der Waals surface area contributed by atoms with Crippen molar-refractivity contribution >= 4 is 10.9 Å². The number of nitrogens with zero attached hydrogens (tertiary/aromatic N) is 2. The molecule has 0 saturated heterocycles. The Balaban J connectivity index is 2.31. The molecular weight excluding hydrogens is 258 g/mol. The molecule has 0 fully saturated rings. The average Bonchev–Trinajstić information content (AvgIpc) is 2.83. The first-order valence-electron chi connectivity index (χ1n) is 7.80. The largest absolute Gasteiger partial charge is 0.314 e. The summed E-state index contributed by atoms with van der Waals surface area (Å²) >= 11 is 0. The number of benzene rings is 1. The van der Waals surface area contributed by atoms with Gasteiger partial charge in [0.2, 0.25) is 0 Å². The molecular formula is C18H27N3. The van der Waals surface area contributed by atoms with Crippen LogP contribution in [0.2, 0.25) is 0 Å². The van der Waals surface area contributed by atoms with Crippen molar-refractivity contribution < 1.29 is 0 Å². The molecule has 1 atom stereocenters. The van der Waals surface area contributed by atoms with Gasteiger partial charge in [-0.15, -0.1) is 6.58 Å². The molecule has 0 radical (unpaired) electrons. The minimum absolute atomic E-state index is 0.0139.